The molecule has 5 nitrogen and oxygen atoms in total. The Morgan fingerprint density at radius 3 is 2.76 bits per heavy atom. The lowest BCUT2D eigenvalue weighted by Crippen LogP contribution is -2.11. The predicted molar refractivity (Wildman–Crippen MR) is 84.7 cm³/mol. The number of carbonyl (C=O) groups excluding carboxylic acids is 1. The number of ketones is 1. The molecular weight excluding hydrogens is 382 g/mol. The summed E-state index contributed by atoms with van der Waals surface area (Å²) in [6, 6.07) is 6.20. The van der Waals surface area contributed by atoms with Gasteiger partial charge in [0.2, 0.25) is 11.5 Å². The highest BCUT2D eigenvalue weighted by molar-refractivity contribution is 9.10. The summed E-state index contributed by atoms with van der Waals surface area (Å²) in [5.41, 5.74) is -0.287. The summed E-state index contributed by atoms with van der Waals surface area (Å²) < 4.78 is 5.65. The number of carbonyl (C=O) groups is 1. The van der Waals surface area contributed by atoms with Crippen LogP contribution in [-0.4, -0.2) is 17.3 Å². The number of thiophene rings is 1. The van der Waals surface area contributed by atoms with Crippen molar-refractivity contribution in [3.8, 4) is 5.75 Å². The molecule has 0 saturated heterocycles. The SMILES string of the molecule is Cc1ccc(C(=O)COc2c(Br)cc(Cl)cc2[N+](=O)[O-])s1. The molecule has 8 heteroatoms. The molecule has 0 atom stereocenters. The van der Waals surface area contributed by atoms with Crippen LogP contribution in [-0.2, 0) is 0 Å². The van der Waals surface area contributed by atoms with Gasteiger partial charge in [-0.05, 0) is 41.1 Å². The fourth-order valence-electron chi connectivity index (χ4n) is 1.62. The molecule has 2 aromatic rings. The fourth-order valence-corrected chi connectivity index (χ4v) is 3.32. The maximum absolute atomic E-state index is 12.0. The average Bonchev–Trinajstić information content (AvgIpc) is 2.83. The van der Waals surface area contributed by atoms with Gasteiger partial charge < -0.3 is 4.74 Å². The number of nitro groups is 1. The predicted octanol–water partition coefficient (Wildman–Crippen LogP) is 4.64. The highest BCUT2D eigenvalue weighted by atomic mass is 79.9. The Bertz CT molecular complexity index is 716. The molecule has 0 aliphatic carbocycles. The fraction of sp³-hybridized carbons (Fsp3) is 0.154. The molecule has 1 heterocycles. The van der Waals surface area contributed by atoms with Crippen LogP contribution >= 0.6 is 38.9 Å². The Labute approximate surface area is 137 Å². The molecule has 0 saturated carbocycles. The summed E-state index contributed by atoms with van der Waals surface area (Å²) in [6.07, 6.45) is 0. The first-order chi connectivity index (χ1) is 9.88. The van der Waals surface area contributed by atoms with E-state index in [0.29, 0.717) is 9.35 Å². The van der Waals surface area contributed by atoms with E-state index in [9.17, 15) is 14.9 Å². The smallest absolute Gasteiger partial charge is 0.313 e. The van der Waals surface area contributed by atoms with E-state index in [1.807, 2.05) is 13.0 Å². The minimum absolute atomic E-state index is 0.00831. The van der Waals surface area contributed by atoms with Gasteiger partial charge in [-0.15, -0.1) is 11.3 Å². The van der Waals surface area contributed by atoms with Crippen LogP contribution < -0.4 is 4.74 Å². The monoisotopic (exact) mass is 389 g/mol. The van der Waals surface area contributed by atoms with Crippen molar-refractivity contribution in [2.75, 3.05) is 6.61 Å². The largest absolute Gasteiger partial charge is 0.478 e. The van der Waals surface area contributed by atoms with E-state index in [1.54, 1.807) is 6.07 Å². The molecule has 21 heavy (non-hydrogen) atoms. The number of halogens is 2. The topological polar surface area (TPSA) is 69.4 Å². The summed E-state index contributed by atoms with van der Waals surface area (Å²) in [7, 11) is 0. The van der Waals surface area contributed by atoms with Gasteiger partial charge in [0.05, 0.1) is 14.3 Å². The van der Waals surface area contributed by atoms with Gasteiger partial charge in [-0.1, -0.05) is 11.6 Å². The molecule has 0 radical (unpaired) electrons. The maximum Gasteiger partial charge on any atom is 0.313 e. The quantitative estimate of drug-likeness (QED) is 0.423. The first-order valence-corrected chi connectivity index (χ1v) is 7.73. The number of nitro benzene ring substituents is 1. The molecule has 0 aliphatic rings. The van der Waals surface area contributed by atoms with Crippen LogP contribution in [0.15, 0.2) is 28.7 Å². The average molecular weight is 391 g/mol. The number of benzene rings is 1. The molecule has 110 valence electrons. The minimum Gasteiger partial charge on any atom is -0.478 e. The lowest BCUT2D eigenvalue weighted by atomic mass is 10.3. The van der Waals surface area contributed by atoms with Crippen molar-refractivity contribution in [2.45, 2.75) is 6.92 Å². The molecule has 0 unspecified atom stereocenters. The standard InChI is InChI=1S/C13H9BrClNO4S/c1-7-2-3-12(21-7)11(17)6-20-13-9(14)4-8(15)5-10(13)16(18)19/h2-5H,6H2,1H3. The Morgan fingerprint density at radius 2 is 2.19 bits per heavy atom. The number of hydrogen-bond acceptors (Lipinski definition) is 5. The van der Waals surface area contributed by atoms with E-state index >= 15 is 0 Å². The molecule has 0 aliphatic heterocycles. The summed E-state index contributed by atoms with van der Waals surface area (Å²) >= 11 is 10.3. The number of aryl methyl sites for hydroxylation is 1. The number of nitrogens with zero attached hydrogens (tertiary/aromatic N) is 1. The molecule has 0 amide bonds. The van der Waals surface area contributed by atoms with Gasteiger partial charge in [0, 0.05) is 16.0 Å². The second kappa shape index (κ2) is 6.55. The van der Waals surface area contributed by atoms with Crippen molar-refractivity contribution in [3.63, 3.8) is 0 Å². The summed E-state index contributed by atoms with van der Waals surface area (Å²) in [5, 5.41) is 11.2. The van der Waals surface area contributed by atoms with Crippen LogP contribution in [0.5, 0.6) is 5.75 Å². The zero-order valence-electron chi connectivity index (χ0n) is 10.8. The van der Waals surface area contributed by atoms with Crippen LogP contribution in [0.25, 0.3) is 0 Å². The first kappa shape index (κ1) is 15.9. The van der Waals surface area contributed by atoms with Gasteiger partial charge in [0.15, 0.2) is 6.61 Å². The van der Waals surface area contributed by atoms with Crippen LogP contribution in [0.1, 0.15) is 14.5 Å². The molecule has 0 fully saturated rings. The summed E-state index contributed by atoms with van der Waals surface area (Å²) in [5.74, 6) is -0.240. The zero-order chi connectivity index (χ0) is 15.6. The Hall–Kier alpha value is -1.44. The van der Waals surface area contributed by atoms with Crippen molar-refractivity contribution >= 4 is 50.3 Å². The van der Waals surface area contributed by atoms with Gasteiger partial charge in [0.25, 0.3) is 0 Å². The normalized spacial score (nSPS) is 10.4. The van der Waals surface area contributed by atoms with Crippen molar-refractivity contribution in [1.29, 1.82) is 0 Å². The number of ether oxygens (including phenoxy) is 1. The van der Waals surface area contributed by atoms with Crippen molar-refractivity contribution in [2.24, 2.45) is 0 Å². The van der Waals surface area contributed by atoms with E-state index in [-0.39, 0.29) is 28.8 Å². The molecule has 0 spiro atoms. The van der Waals surface area contributed by atoms with Crippen LogP contribution in [0.3, 0.4) is 0 Å². The van der Waals surface area contributed by atoms with Gasteiger partial charge >= 0.3 is 5.69 Å². The Morgan fingerprint density at radius 1 is 1.48 bits per heavy atom. The van der Waals surface area contributed by atoms with Gasteiger partial charge in [0.1, 0.15) is 0 Å². The lowest BCUT2D eigenvalue weighted by molar-refractivity contribution is -0.385. The zero-order valence-corrected chi connectivity index (χ0v) is 13.9. The van der Waals surface area contributed by atoms with Crippen LogP contribution in [0.2, 0.25) is 5.02 Å². The van der Waals surface area contributed by atoms with E-state index in [4.69, 9.17) is 16.3 Å². The molecule has 0 bridgehead atoms. The van der Waals surface area contributed by atoms with E-state index in [0.717, 1.165) is 4.88 Å². The molecule has 1 aromatic heterocycles. The van der Waals surface area contributed by atoms with Crippen molar-refractivity contribution < 1.29 is 14.5 Å². The van der Waals surface area contributed by atoms with Crippen molar-refractivity contribution in [3.05, 3.63) is 53.6 Å². The highest BCUT2D eigenvalue weighted by Crippen LogP contribution is 2.38. The van der Waals surface area contributed by atoms with Crippen LogP contribution in [0.4, 0.5) is 5.69 Å². The van der Waals surface area contributed by atoms with E-state index in [1.165, 1.54) is 23.5 Å². The molecular formula is C13H9BrClNO4S. The molecule has 1 aromatic carbocycles. The van der Waals surface area contributed by atoms with E-state index < -0.39 is 4.92 Å². The molecule has 0 N–H and O–H groups in total. The van der Waals surface area contributed by atoms with Crippen molar-refractivity contribution in [1.82, 2.24) is 0 Å². The van der Waals surface area contributed by atoms with Crippen LogP contribution in [0, 0.1) is 17.0 Å². The lowest BCUT2D eigenvalue weighted by Gasteiger charge is -2.08. The summed E-state index contributed by atoms with van der Waals surface area (Å²) in [6.45, 7) is 1.62. The third-order valence-corrected chi connectivity index (χ3v) is 4.40. The third-order valence-electron chi connectivity index (χ3n) is 2.55. The van der Waals surface area contributed by atoms with Gasteiger partial charge in [-0.3, -0.25) is 14.9 Å². The second-order valence-electron chi connectivity index (χ2n) is 4.12. The Balaban J connectivity index is 2.20. The number of hydrogen-bond donors (Lipinski definition) is 0. The maximum atomic E-state index is 12.0. The van der Waals surface area contributed by atoms with E-state index in [2.05, 4.69) is 15.9 Å². The Kier molecular flexibility index (Phi) is 4.97. The third kappa shape index (κ3) is 3.81. The second-order valence-corrected chi connectivity index (χ2v) is 6.69. The number of Topliss-reactive ketones (excluding diaryl/α,β-unsaturated/α-hetero) is 1. The summed E-state index contributed by atoms with van der Waals surface area (Å²) in [4.78, 5) is 23.9. The van der Waals surface area contributed by atoms with Gasteiger partial charge in [-0.25, -0.2) is 0 Å². The number of rotatable bonds is 5. The highest BCUT2D eigenvalue weighted by Gasteiger charge is 2.21. The first-order valence-electron chi connectivity index (χ1n) is 5.74. The van der Waals surface area contributed by atoms with Gasteiger partial charge in [-0.2, -0.15) is 0 Å². The molecule has 2 rings (SSSR count). The minimum atomic E-state index is -0.605.